The lowest BCUT2D eigenvalue weighted by atomic mass is 10.2. The van der Waals surface area contributed by atoms with Gasteiger partial charge in [-0.3, -0.25) is 9.69 Å². The fraction of sp³-hybridized carbons (Fsp3) is 0.348. The largest absolute Gasteiger partial charge is 0.465 e. The van der Waals surface area contributed by atoms with Crippen LogP contribution in [0.2, 0.25) is 0 Å². The van der Waals surface area contributed by atoms with Crippen molar-refractivity contribution in [3.63, 3.8) is 0 Å². The summed E-state index contributed by atoms with van der Waals surface area (Å²) in [7, 11) is 1.35. The third-order valence-electron chi connectivity index (χ3n) is 5.26. The maximum atomic E-state index is 12.3. The number of aromatic nitrogens is 1. The van der Waals surface area contributed by atoms with E-state index in [4.69, 9.17) is 9.72 Å². The maximum Gasteiger partial charge on any atom is 0.350 e. The third kappa shape index (κ3) is 4.52. The van der Waals surface area contributed by atoms with Gasteiger partial charge in [0.1, 0.15) is 9.71 Å². The first kappa shape index (κ1) is 20.5. The third-order valence-corrected chi connectivity index (χ3v) is 6.34. The van der Waals surface area contributed by atoms with Gasteiger partial charge in [-0.2, -0.15) is 0 Å². The summed E-state index contributed by atoms with van der Waals surface area (Å²) in [5.74, 6) is -0.442. The lowest BCUT2D eigenvalue weighted by Gasteiger charge is -2.20. The molecular weight excluding hydrogens is 398 g/mol. The van der Waals surface area contributed by atoms with E-state index in [0.717, 1.165) is 41.8 Å². The summed E-state index contributed by atoms with van der Waals surface area (Å²) < 4.78 is 4.93. The number of hydrogen-bond acceptors (Lipinski definition) is 6. The van der Waals surface area contributed by atoms with Crippen LogP contribution in [0.5, 0.6) is 0 Å². The minimum atomic E-state index is -0.454. The van der Waals surface area contributed by atoms with Gasteiger partial charge in [0.25, 0.3) is 0 Å². The maximum absolute atomic E-state index is 12.3. The molecule has 1 N–H and O–H groups in total. The van der Waals surface area contributed by atoms with Gasteiger partial charge < -0.3 is 10.1 Å². The highest BCUT2D eigenvalue weighted by Crippen LogP contribution is 2.38. The van der Waals surface area contributed by atoms with E-state index in [9.17, 15) is 9.59 Å². The van der Waals surface area contributed by atoms with E-state index in [-0.39, 0.29) is 11.8 Å². The van der Waals surface area contributed by atoms with E-state index >= 15 is 0 Å². The zero-order valence-corrected chi connectivity index (χ0v) is 18.0. The number of methoxy groups -OCH3 is 1. The van der Waals surface area contributed by atoms with Crippen LogP contribution in [-0.2, 0) is 22.6 Å². The lowest BCUT2D eigenvalue weighted by molar-refractivity contribution is -0.117. The molecule has 1 amide bonds. The number of fused-ring (bicyclic) bond motifs is 1. The molecule has 0 spiro atoms. The molecule has 0 saturated heterocycles. The number of hydrogen-bond donors (Lipinski definition) is 1. The molecule has 0 unspecified atom stereocenters. The van der Waals surface area contributed by atoms with Crippen LogP contribution in [0.25, 0.3) is 10.2 Å². The first-order valence-electron chi connectivity index (χ1n) is 10.2. The van der Waals surface area contributed by atoms with Crippen molar-refractivity contribution in [2.24, 2.45) is 5.92 Å². The standard InChI is InChI=1S/C23H25N3O3S/c1-3-26(13-15-7-5-4-6-8-15)14-17-11-12-18-19(25-21(27)16-9-10-16)20(23(28)29-2)30-22(18)24-17/h4-8,11-12,16H,3,9-10,13-14H2,1-2H3,(H,25,27). The number of nitrogens with one attached hydrogen (secondary N) is 1. The molecule has 0 bridgehead atoms. The molecule has 30 heavy (non-hydrogen) atoms. The molecule has 7 heteroatoms. The van der Waals surface area contributed by atoms with E-state index in [1.54, 1.807) is 0 Å². The predicted octanol–water partition coefficient (Wildman–Crippen LogP) is 4.45. The van der Waals surface area contributed by atoms with Crippen molar-refractivity contribution in [1.82, 2.24) is 9.88 Å². The van der Waals surface area contributed by atoms with Gasteiger partial charge in [-0.15, -0.1) is 11.3 Å². The first-order valence-corrected chi connectivity index (χ1v) is 11.0. The van der Waals surface area contributed by atoms with Crippen LogP contribution < -0.4 is 5.32 Å². The zero-order valence-electron chi connectivity index (χ0n) is 17.2. The molecule has 2 aromatic heterocycles. The van der Waals surface area contributed by atoms with Crippen LogP contribution in [0.3, 0.4) is 0 Å². The van der Waals surface area contributed by atoms with Gasteiger partial charge in [0.15, 0.2) is 0 Å². The fourth-order valence-electron chi connectivity index (χ4n) is 3.39. The number of rotatable bonds is 8. The van der Waals surface area contributed by atoms with Crippen LogP contribution in [0.1, 0.15) is 40.7 Å². The molecule has 0 atom stereocenters. The normalized spacial score (nSPS) is 13.6. The van der Waals surface area contributed by atoms with E-state index < -0.39 is 5.97 Å². The van der Waals surface area contributed by atoms with Crippen molar-refractivity contribution in [2.45, 2.75) is 32.9 Å². The van der Waals surface area contributed by atoms with Crippen molar-refractivity contribution in [3.05, 3.63) is 58.6 Å². The first-order chi connectivity index (χ1) is 14.6. The lowest BCUT2D eigenvalue weighted by Crippen LogP contribution is -2.22. The Morgan fingerprint density at radius 3 is 2.60 bits per heavy atom. The highest BCUT2D eigenvalue weighted by Gasteiger charge is 2.31. The Hall–Kier alpha value is -2.77. The monoisotopic (exact) mass is 423 g/mol. The molecule has 1 aromatic carbocycles. The van der Waals surface area contributed by atoms with Crippen LogP contribution in [0.15, 0.2) is 42.5 Å². The molecule has 1 saturated carbocycles. The molecule has 2 heterocycles. The summed E-state index contributed by atoms with van der Waals surface area (Å²) >= 11 is 1.26. The second-order valence-electron chi connectivity index (χ2n) is 7.51. The predicted molar refractivity (Wildman–Crippen MR) is 119 cm³/mol. The summed E-state index contributed by atoms with van der Waals surface area (Å²) in [5, 5.41) is 3.72. The van der Waals surface area contributed by atoms with Crippen molar-refractivity contribution in [3.8, 4) is 0 Å². The smallest absolute Gasteiger partial charge is 0.350 e. The van der Waals surface area contributed by atoms with Crippen LogP contribution in [-0.4, -0.2) is 35.4 Å². The Morgan fingerprint density at radius 1 is 1.17 bits per heavy atom. The summed E-state index contributed by atoms with van der Waals surface area (Å²) in [5.41, 5.74) is 2.71. The molecule has 0 aliphatic heterocycles. The zero-order chi connectivity index (χ0) is 21.1. The minimum absolute atomic E-state index is 0.0380. The summed E-state index contributed by atoms with van der Waals surface area (Å²) in [6.45, 7) is 4.58. The summed E-state index contributed by atoms with van der Waals surface area (Å²) in [4.78, 5) is 32.8. The number of ether oxygens (including phenoxy) is 1. The number of benzene rings is 1. The number of nitrogens with zero attached hydrogens (tertiary/aromatic N) is 2. The Morgan fingerprint density at radius 2 is 1.93 bits per heavy atom. The number of esters is 1. The van der Waals surface area contributed by atoms with Gasteiger partial charge >= 0.3 is 5.97 Å². The van der Waals surface area contributed by atoms with Crippen LogP contribution in [0.4, 0.5) is 5.69 Å². The molecule has 6 nitrogen and oxygen atoms in total. The van der Waals surface area contributed by atoms with E-state index in [1.807, 2.05) is 30.3 Å². The van der Waals surface area contributed by atoms with Gasteiger partial charge in [0.05, 0.1) is 18.5 Å². The van der Waals surface area contributed by atoms with Gasteiger partial charge in [0.2, 0.25) is 5.91 Å². The molecule has 1 aliphatic carbocycles. The quantitative estimate of drug-likeness (QED) is 0.542. The minimum Gasteiger partial charge on any atom is -0.465 e. The number of carbonyl (C=O) groups is 2. The van der Waals surface area contributed by atoms with Gasteiger partial charge in [0, 0.05) is 24.4 Å². The van der Waals surface area contributed by atoms with Gasteiger partial charge in [-0.1, -0.05) is 37.3 Å². The Bertz CT molecular complexity index is 1060. The molecule has 0 radical (unpaired) electrons. The van der Waals surface area contributed by atoms with Crippen molar-refractivity contribution in [1.29, 1.82) is 0 Å². The number of carbonyl (C=O) groups excluding carboxylic acids is 2. The second-order valence-corrected chi connectivity index (χ2v) is 8.50. The molecule has 4 rings (SSSR count). The Labute approximate surface area is 179 Å². The topological polar surface area (TPSA) is 71.5 Å². The second kappa shape index (κ2) is 8.93. The fourth-order valence-corrected chi connectivity index (χ4v) is 4.45. The highest BCUT2D eigenvalue weighted by atomic mass is 32.1. The average Bonchev–Trinajstić information content (AvgIpc) is 3.56. The van der Waals surface area contributed by atoms with Crippen molar-refractivity contribution in [2.75, 3.05) is 19.0 Å². The average molecular weight is 424 g/mol. The van der Waals surface area contributed by atoms with E-state index in [2.05, 4.69) is 29.3 Å². The Balaban J connectivity index is 1.59. The SMILES string of the molecule is CCN(Cc1ccccc1)Cc1ccc2c(NC(=O)C3CC3)c(C(=O)OC)sc2n1. The number of pyridine rings is 1. The van der Waals surface area contributed by atoms with Gasteiger partial charge in [-0.05, 0) is 37.1 Å². The molecule has 3 aromatic rings. The summed E-state index contributed by atoms with van der Waals surface area (Å²) in [6.07, 6.45) is 1.80. The number of thiophene rings is 1. The van der Waals surface area contributed by atoms with Crippen LogP contribution in [0, 0.1) is 5.92 Å². The van der Waals surface area contributed by atoms with Crippen molar-refractivity contribution < 1.29 is 14.3 Å². The highest BCUT2D eigenvalue weighted by molar-refractivity contribution is 7.21. The molecule has 1 fully saturated rings. The van der Waals surface area contributed by atoms with E-state index in [1.165, 1.54) is 24.0 Å². The Kier molecular flexibility index (Phi) is 6.11. The molecule has 156 valence electrons. The number of amides is 1. The van der Waals surface area contributed by atoms with Gasteiger partial charge in [-0.25, -0.2) is 9.78 Å². The number of anilines is 1. The molecule has 1 aliphatic rings. The molecular formula is C23H25N3O3S. The summed E-state index contributed by atoms with van der Waals surface area (Å²) in [6, 6.07) is 14.3. The van der Waals surface area contributed by atoms with E-state index in [0.29, 0.717) is 17.1 Å². The van der Waals surface area contributed by atoms with Crippen LogP contribution >= 0.6 is 11.3 Å². The van der Waals surface area contributed by atoms with Crippen molar-refractivity contribution >= 4 is 39.1 Å².